The third kappa shape index (κ3) is 2.47. The maximum absolute atomic E-state index is 12.1. The first kappa shape index (κ1) is 13.2. The highest BCUT2D eigenvalue weighted by atomic mass is 16.5. The lowest BCUT2D eigenvalue weighted by atomic mass is 10.1. The minimum atomic E-state index is -0.947. The van der Waals surface area contributed by atoms with Crippen molar-refractivity contribution in [2.75, 3.05) is 17.2 Å². The number of benzene rings is 1. The van der Waals surface area contributed by atoms with E-state index >= 15 is 0 Å². The van der Waals surface area contributed by atoms with Crippen molar-refractivity contribution in [1.82, 2.24) is 0 Å². The van der Waals surface area contributed by atoms with Crippen molar-refractivity contribution in [3.63, 3.8) is 0 Å². The summed E-state index contributed by atoms with van der Waals surface area (Å²) in [5.41, 5.74) is 6.73. The lowest BCUT2D eigenvalue weighted by Crippen LogP contribution is -2.47. The summed E-state index contributed by atoms with van der Waals surface area (Å²) in [5.74, 6) is -1.33. The Labute approximate surface area is 110 Å². The summed E-state index contributed by atoms with van der Waals surface area (Å²) in [4.78, 5) is 24.5. The number of amides is 1. The van der Waals surface area contributed by atoms with E-state index in [1.807, 2.05) is 0 Å². The fraction of sp³-hybridized carbons (Fsp3) is 0.385. The zero-order valence-corrected chi connectivity index (χ0v) is 10.8. The maximum atomic E-state index is 12.1. The molecule has 0 aliphatic carbocycles. The summed E-state index contributed by atoms with van der Waals surface area (Å²) in [6, 6.07) is 4.99. The van der Waals surface area contributed by atoms with Gasteiger partial charge in [0.2, 0.25) is 0 Å². The Hall–Kier alpha value is -2.24. The summed E-state index contributed by atoms with van der Waals surface area (Å²) < 4.78 is 5.48. The van der Waals surface area contributed by atoms with E-state index in [4.69, 9.17) is 15.6 Å². The van der Waals surface area contributed by atoms with Crippen LogP contribution in [0.25, 0.3) is 0 Å². The van der Waals surface area contributed by atoms with Gasteiger partial charge >= 0.3 is 5.97 Å². The number of nitrogen functional groups attached to an aromatic ring is 1. The van der Waals surface area contributed by atoms with E-state index in [1.54, 1.807) is 32.0 Å². The number of carboxylic acids is 1. The molecule has 1 aliphatic heterocycles. The number of ether oxygens (including phenoxy) is 1. The number of aliphatic carboxylic acids is 1. The monoisotopic (exact) mass is 264 g/mol. The van der Waals surface area contributed by atoms with Crippen LogP contribution in [0.4, 0.5) is 11.4 Å². The Balaban J connectivity index is 2.38. The molecule has 0 saturated heterocycles. The largest absolute Gasteiger partial charge is 0.481 e. The van der Waals surface area contributed by atoms with E-state index in [-0.39, 0.29) is 12.5 Å². The third-order valence-electron chi connectivity index (χ3n) is 3.07. The molecule has 3 N–H and O–H groups in total. The average Bonchev–Trinajstić information content (AvgIpc) is 2.35. The van der Waals surface area contributed by atoms with E-state index in [9.17, 15) is 9.59 Å². The molecule has 2 unspecified atom stereocenters. The van der Waals surface area contributed by atoms with E-state index in [0.717, 1.165) is 0 Å². The highest BCUT2D eigenvalue weighted by Gasteiger charge is 2.33. The van der Waals surface area contributed by atoms with Gasteiger partial charge in [0.1, 0.15) is 5.75 Å². The van der Waals surface area contributed by atoms with Crippen LogP contribution < -0.4 is 15.4 Å². The molecular formula is C13H16N2O4. The lowest BCUT2D eigenvalue weighted by molar-refractivity contribution is -0.140. The highest BCUT2D eigenvalue weighted by molar-refractivity contribution is 6.00. The molecule has 1 amide bonds. The van der Waals surface area contributed by atoms with Gasteiger partial charge in [-0.25, -0.2) is 0 Å². The molecule has 1 aliphatic rings. The molecule has 0 saturated carbocycles. The summed E-state index contributed by atoms with van der Waals surface area (Å²) in [5, 5.41) is 8.97. The molecule has 0 bridgehead atoms. The number of hydrogen-bond donors (Lipinski definition) is 2. The summed E-state index contributed by atoms with van der Waals surface area (Å²) >= 11 is 0. The number of hydrogen-bond acceptors (Lipinski definition) is 4. The quantitative estimate of drug-likeness (QED) is 0.797. The van der Waals surface area contributed by atoms with Crippen LogP contribution in [-0.4, -0.2) is 29.6 Å². The van der Waals surface area contributed by atoms with Crippen molar-refractivity contribution in [2.24, 2.45) is 5.92 Å². The SMILES string of the molecule is CC(CN1C(=O)C(C)Oc2ccc(N)cc21)C(=O)O. The zero-order chi connectivity index (χ0) is 14.2. The zero-order valence-electron chi connectivity index (χ0n) is 10.8. The van der Waals surface area contributed by atoms with Gasteiger partial charge in [-0.05, 0) is 25.1 Å². The number of nitrogens with zero attached hydrogens (tertiary/aromatic N) is 1. The number of carbonyl (C=O) groups is 2. The van der Waals surface area contributed by atoms with Gasteiger partial charge in [-0.2, -0.15) is 0 Å². The van der Waals surface area contributed by atoms with Crippen molar-refractivity contribution in [2.45, 2.75) is 20.0 Å². The molecule has 2 atom stereocenters. The molecule has 19 heavy (non-hydrogen) atoms. The van der Waals surface area contributed by atoms with Crippen LogP contribution in [0, 0.1) is 5.92 Å². The van der Waals surface area contributed by atoms with E-state index in [2.05, 4.69) is 0 Å². The smallest absolute Gasteiger partial charge is 0.308 e. The summed E-state index contributed by atoms with van der Waals surface area (Å²) in [6.45, 7) is 3.29. The normalized spacial score (nSPS) is 19.6. The van der Waals surface area contributed by atoms with Crippen molar-refractivity contribution in [3.8, 4) is 5.75 Å². The van der Waals surface area contributed by atoms with Gasteiger partial charge in [0.25, 0.3) is 5.91 Å². The van der Waals surface area contributed by atoms with Crippen molar-refractivity contribution in [3.05, 3.63) is 18.2 Å². The van der Waals surface area contributed by atoms with Gasteiger partial charge in [0, 0.05) is 12.2 Å². The van der Waals surface area contributed by atoms with Crippen molar-refractivity contribution >= 4 is 23.3 Å². The second kappa shape index (κ2) is 4.79. The van der Waals surface area contributed by atoms with Gasteiger partial charge in [0.15, 0.2) is 6.10 Å². The van der Waals surface area contributed by atoms with Gasteiger partial charge in [-0.15, -0.1) is 0 Å². The van der Waals surface area contributed by atoms with Crippen LogP contribution in [0.3, 0.4) is 0 Å². The molecule has 0 radical (unpaired) electrons. The standard InChI is InChI=1S/C13H16N2O4/c1-7(13(17)18)6-15-10-5-9(14)3-4-11(10)19-8(2)12(15)16/h3-5,7-8H,6,14H2,1-2H3,(H,17,18). The van der Waals surface area contributed by atoms with E-state index < -0.39 is 18.0 Å². The van der Waals surface area contributed by atoms with Crippen LogP contribution in [0.2, 0.25) is 0 Å². The first-order chi connectivity index (χ1) is 8.90. The lowest BCUT2D eigenvalue weighted by Gasteiger charge is -2.34. The fourth-order valence-electron chi connectivity index (χ4n) is 1.96. The summed E-state index contributed by atoms with van der Waals surface area (Å²) in [7, 11) is 0. The number of rotatable bonds is 3. The fourth-order valence-corrected chi connectivity index (χ4v) is 1.96. The maximum Gasteiger partial charge on any atom is 0.308 e. The second-order valence-electron chi connectivity index (χ2n) is 4.68. The van der Waals surface area contributed by atoms with Gasteiger partial charge in [-0.3, -0.25) is 9.59 Å². The van der Waals surface area contributed by atoms with Crippen LogP contribution in [0.5, 0.6) is 5.75 Å². The van der Waals surface area contributed by atoms with Crippen molar-refractivity contribution < 1.29 is 19.4 Å². The molecule has 6 nitrogen and oxygen atoms in total. The molecule has 2 rings (SSSR count). The minimum absolute atomic E-state index is 0.0956. The second-order valence-corrected chi connectivity index (χ2v) is 4.68. The topological polar surface area (TPSA) is 92.9 Å². The number of anilines is 2. The predicted molar refractivity (Wildman–Crippen MR) is 70.1 cm³/mol. The number of nitrogens with two attached hydrogens (primary N) is 1. The minimum Gasteiger partial charge on any atom is -0.481 e. The van der Waals surface area contributed by atoms with Crippen LogP contribution in [0.1, 0.15) is 13.8 Å². The Kier molecular flexibility index (Phi) is 3.33. The third-order valence-corrected chi connectivity index (χ3v) is 3.07. The molecule has 1 aromatic carbocycles. The van der Waals surface area contributed by atoms with Gasteiger partial charge < -0.3 is 20.5 Å². The Bertz CT molecular complexity index is 529. The number of carboxylic acid groups (broad SMARTS) is 1. The molecule has 0 fully saturated rings. The number of fused-ring (bicyclic) bond motifs is 1. The predicted octanol–water partition coefficient (Wildman–Crippen LogP) is 1.10. The molecule has 6 heteroatoms. The molecule has 1 heterocycles. The Morgan fingerprint density at radius 1 is 1.58 bits per heavy atom. The first-order valence-corrected chi connectivity index (χ1v) is 6.00. The molecular weight excluding hydrogens is 248 g/mol. The molecule has 0 aromatic heterocycles. The van der Waals surface area contributed by atoms with E-state index in [0.29, 0.717) is 17.1 Å². The Morgan fingerprint density at radius 2 is 2.26 bits per heavy atom. The van der Waals surface area contributed by atoms with E-state index in [1.165, 1.54) is 4.90 Å². The molecule has 102 valence electrons. The van der Waals surface area contributed by atoms with Crippen LogP contribution >= 0.6 is 0 Å². The average molecular weight is 264 g/mol. The highest BCUT2D eigenvalue weighted by Crippen LogP contribution is 2.35. The van der Waals surface area contributed by atoms with Crippen LogP contribution in [0.15, 0.2) is 18.2 Å². The molecule has 0 spiro atoms. The van der Waals surface area contributed by atoms with Crippen molar-refractivity contribution in [1.29, 1.82) is 0 Å². The first-order valence-electron chi connectivity index (χ1n) is 6.00. The van der Waals surface area contributed by atoms with Gasteiger partial charge in [0.05, 0.1) is 11.6 Å². The number of carbonyl (C=O) groups excluding carboxylic acids is 1. The van der Waals surface area contributed by atoms with Crippen LogP contribution in [-0.2, 0) is 9.59 Å². The Morgan fingerprint density at radius 3 is 2.89 bits per heavy atom. The van der Waals surface area contributed by atoms with Gasteiger partial charge in [-0.1, -0.05) is 6.92 Å². The summed E-state index contributed by atoms with van der Waals surface area (Å²) in [6.07, 6.45) is -0.628. The molecule has 1 aromatic rings.